The van der Waals surface area contributed by atoms with E-state index < -0.39 is 9.04 Å². The molecule has 1 aliphatic carbocycles. The van der Waals surface area contributed by atoms with Crippen LogP contribution in [0.25, 0.3) is 0 Å². The molecule has 0 saturated heterocycles. The van der Waals surface area contributed by atoms with E-state index in [1.807, 2.05) is 6.07 Å². The monoisotopic (exact) mass is 339 g/mol. The Hall–Kier alpha value is -1.42. The molecule has 2 aromatic rings. The van der Waals surface area contributed by atoms with Crippen LogP contribution in [-0.2, 0) is 9.84 Å². The summed E-state index contributed by atoms with van der Waals surface area (Å²) in [6.45, 7) is 6.70. The summed E-state index contributed by atoms with van der Waals surface area (Å²) in [6, 6.07) is 19.3. The topological polar surface area (TPSA) is 29.5 Å². The summed E-state index contributed by atoms with van der Waals surface area (Å²) in [4.78, 5) is 0. The van der Waals surface area contributed by atoms with Crippen molar-refractivity contribution in [2.24, 2.45) is 0 Å². The maximum atomic E-state index is 10.2. The van der Waals surface area contributed by atoms with E-state index in [1.165, 1.54) is 15.9 Å². The van der Waals surface area contributed by atoms with E-state index in [0.717, 1.165) is 19.3 Å². The van der Waals surface area contributed by atoms with Gasteiger partial charge in [-0.15, -0.1) is 0 Å². The summed E-state index contributed by atoms with van der Waals surface area (Å²) in [5.41, 5.74) is 1.49. The van der Waals surface area contributed by atoms with E-state index in [0.29, 0.717) is 0 Å². The third-order valence-corrected chi connectivity index (χ3v) is 6.99. The molecule has 0 aromatic heterocycles. The molecule has 2 atom stereocenters. The number of aliphatic hydroxyl groups excluding tert-OH is 1. The Morgan fingerprint density at radius 1 is 0.917 bits per heavy atom. The zero-order valence-electron chi connectivity index (χ0n) is 14.8. The van der Waals surface area contributed by atoms with Gasteiger partial charge in [-0.05, 0) is 40.6 Å². The maximum Gasteiger partial charge on any atom is 0.283 e. The average Bonchev–Trinajstić information content (AvgIpc) is 2.98. The lowest BCUT2D eigenvalue weighted by Gasteiger charge is -2.24. The smallest absolute Gasteiger partial charge is 0.283 e. The highest BCUT2D eigenvalue weighted by molar-refractivity contribution is 6.80. The molecule has 2 aromatic carbocycles. The van der Waals surface area contributed by atoms with Crippen molar-refractivity contribution in [1.29, 1.82) is 0 Å². The summed E-state index contributed by atoms with van der Waals surface area (Å²) in [5.74, 6) is 0. The highest BCUT2D eigenvalue weighted by Gasteiger charge is 2.31. The van der Waals surface area contributed by atoms with Crippen LogP contribution in [0.15, 0.2) is 54.6 Å². The van der Waals surface area contributed by atoms with Crippen molar-refractivity contribution in [3.8, 4) is 0 Å². The quantitative estimate of drug-likeness (QED) is 0.868. The standard InChI is InChI=1S/C21H27O2Si/c1-21(2,3)16-12-14-18(15-13-16)24(17-8-5-4-6-9-17)23-20-11-7-10-19(20)22/h4-6,8-9,12-15,19-20,22H,7,10-11H2,1-3H3. The second-order valence-corrected chi connectivity index (χ2v) is 9.73. The fourth-order valence-corrected chi connectivity index (χ4v) is 5.36. The van der Waals surface area contributed by atoms with Crippen molar-refractivity contribution in [2.75, 3.05) is 0 Å². The van der Waals surface area contributed by atoms with Gasteiger partial charge in [0.2, 0.25) is 0 Å². The molecule has 0 amide bonds. The first-order chi connectivity index (χ1) is 11.4. The molecular weight excluding hydrogens is 312 g/mol. The Kier molecular flexibility index (Phi) is 5.23. The van der Waals surface area contributed by atoms with Gasteiger partial charge in [-0.2, -0.15) is 0 Å². The average molecular weight is 340 g/mol. The number of hydrogen-bond donors (Lipinski definition) is 1. The molecule has 1 saturated carbocycles. The predicted octanol–water partition coefficient (Wildman–Crippen LogP) is 3.02. The molecule has 0 heterocycles. The van der Waals surface area contributed by atoms with Crippen molar-refractivity contribution in [3.63, 3.8) is 0 Å². The highest BCUT2D eigenvalue weighted by Crippen LogP contribution is 2.23. The van der Waals surface area contributed by atoms with Gasteiger partial charge in [-0.25, -0.2) is 0 Å². The molecule has 1 N–H and O–H groups in total. The summed E-state index contributed by atoms with van der Waals surface area (Å²) < 4.78 is 6.47. The van der Waals surface area contributed by atoms with Crippen LogP contribution in [0.4, 0.5) is 0 Å². The molecule has 0 spiro atoms. The van der Waals surface area contributed by atoms with Gasteiger partial charge in [-0.3, -0.25) is 0 Å². The van der Waals surface area contributed by atoms with Crippen molar-refractivity contribution < 1.29 is 9.53 Å². The lowest BCUT2D eigenvalue weighted by Crippen LogP contribution is -2.48. The Morgan fingerprint density at radius 3 is 2.08 bits per heavy atom. The van der Waals surface area contributed by atoms with Crippen LogP contribution in [0.1, 0.15) is 45.6 Å². The summed E-state index contributed by atoms with van der Waals surface area (Å²) in [7, 11) is -1.34. The Bertz CT molecular complexity index is 646. The van der Waals surface area contributed by atoms with Crippen molar-refractivity contribution in [1.82, 2.24) is 0 Å². The van der Waals surface area contributed by atoms with E-state index in [4.69, 9.17) is 4.43 Å². The largest absolute Gasteiger partial charge is 0.402 e. The molecule has 24 heavy (non-hydrogen) atoms. The number of aliphatic hydroxyl groups is 1. The summed E-state index contributed by atoms with van der Waals surface area (Å²) >= 11 is 0. The van der Waals surface area contributed by atoms with E-state index in [1.54, 1.807) is 0 Å². The van der Waals surface area contributed by atoms with Gasteiger partial charge in [0.1, 0.15) is 0 Å². The first-order valence-electron chi connectivity index (χ1n) is 8.83. The molecule has 2 unspecified atom stereocenters. The first kappa shape index (κ1) is 17.4. The zero-order valence-corrected chi connectivity index (χ0v) is 15.8. The molecule has 2 nitrogen and oxygen atoms in total. The van der Waals surface area contributed by atoms with Crippen LogP contribution in [0.2, 0.25) is 0 Å². The molecule has 3 heteroatoms. The Balaban J connectivity index is 1.89. The van der Waals surface area contributed by atoms with Crippen LogP contribution in [0, 0.1) is 0 Å². The minimum absolute atomic E-state index is 0.0265. The minimum atomic E-state index is -1.34. The number of benzene rings is 2. The maximum absolute atomic E-state index is 10.2. The third-order valence-electron chi connectivity index (χ3n) is 4.74. The first-order valence-corrected chi connectivity index (χ1v) is 10.2. The third kappa shape index (κ3) is 3.97. The Labute approximate surface area is 147 Å². The summed E-state index contributed by atoms with van der Waals surface area (Å²) in [6.07, 6.45) is 2.53. The van der Waals surface area contributed by atoms with Crippen LogP contribution in [-0.4, -0.2) is 26.4 Å². The fraction of sp³-hybridized carbons (Fsp3) is 0.429. The Morgan fingerprint density at radius 2 is 1.54 bits per heavy atom. The van der Waals surface area contributed by atoms with E-state index >= 15 is 0 Å². The van der Waals surface area contributed by atoms with Crippen molar-refractivity contribution >= 4 is 19.4 Å². The van der Waals surface area contributed by atoms with Gasteiger partial charge in [0.15, 0.2) is 0 Å². The number of hydrogen-bond acceptors (Lipinski definition) is 2. The minimum Gasteiger partial charge on any atom is -0.402 e. The van der Waals surface area contributed by atoms with Crippen LogP contribution in [0.3, 0.4) is 0 Å². The lowest BCUT2D eigenvalue weighted by atomic mass is 9.87. The SMILES string of the molecule is CC(C)(C)c1ccc([Si](OC2CCCC2O)c2ccccc2)cc1. The zero-order chi connectivity index (χ0) is 17.2. The fourth-order valence-electron chi connectivity index (χ4n) is 3.21. The molecule has 1 aliphatic rings. The van der Waals surface area contributed by atoms with Crippen molar-refractivity contribution in [3.05, 3.63) is 60.2 Å². The normalized spacial score (nSPS) is 21.4. The van der Waals surface area contributed by atoms with Gasteiger partial charge in [0.25, 0.3) is 9.04 Å². The van der Waals surface area contributed by atoms with Crippen LogP contribution < -0.4 is 10.4 Å². The van der Waals surface area contributed by atoms with E-state index in [2.05, 4.69) is 69.3 Å². The van der Waals surface area contributed by atoms with Crippen LogP contribution in [0.5, 0.6) is 0 Å². The highest BCUT2D eigenvalue weighted by atomic mass is 28.3. The lowest BCUT2D eigenvalue weighted by molar-refractivity contribution is 0.0618. The molecule has 0 aliphatic heterocycles. The summed E-state index contributed by atoms with van der Waals surface area (Å²) in [5, 5.41) is 12.7. The van der Waals surface area contributed by atoms with E-state index in [9.17, 15) is 5.11 Å². The molecule has 1 radical (unpaired) electrons. The van der Waals surface area contributed by atoms with E-state index in [-0.39, 0.29) is 17.6 Å². The van der Waals surface area contributed by atoms with Crippen LogP contribution >= 0.6 is 0 Å². The molecule has 127 valence electrons. The van der Waals surface area contributed by atoms with Gasteiger partial charge >= 0.3 is 0 Å². The predicted molar refractivity (Wildman–Crippen MR) is 101 cm³/mol. The van der Waals surface area contributed by atoms with Gasteiger partial charge < -0.3 is 9.53 Å². The molecule has 0 bridgehead atoms. The molecule has 3 rings (SSSR count). The molecule has 1 fully saturated rings. The number of rotatable bonds is 4. The molecular formula is C21H27O2Si. The second kappa shape index (κ2) is 7.22. The van der Waals surface area contributed by atoms with Gasteiger partial charge in [-0.1, -0.05) is 75.4 Å². The van der Waals surface area contributed by atoms with Crippen molar-refractivity contribution in [2.45, 2.75) is 57.7 Å². The van der Waals surface area contributed by atoms with Gasteiger partial charge in [0.05, 0.1) is 12.2 Å². The van der Waals surface area contributed by atoms with Gasteiger partial charge in [0, 0.05) is 0 Å². The second-order valence-electron chi connectivity index (χ2n) is 7.68.